The maximum atomic E-state index is 6.27. The fraction of sp³-hybridized carbons (Fsp3) is 0.882. The van der Waals surface area contributed by atoms with Crippen LogP contribution in [0.2, 0.25) is 18.1 Å². The minimum Gasteiger partial charge on any atom is -0.417 e. The first kappa shape index (κ1) is 17.0. The molecule has 2 heteroatoms. The SMILES string of the molecule is C=CC1CCCCC1CCCO[Si](C)(C)C(C)(C)C. The Balaban J connectivity index is 2.28. The molecule has 1 saturated carbocycles. The summed E-state index contributed by atoms with van der Waals surface area (Å²) in [6.07, 6.45) is 10.3. The maximum Gasteiger partial charge on any atom is 0.191 e. The van der Waals surface area contributed by atoms with Gasteiger partial charge in [-0.05, 0) is 55.7 Å². The van der Waals surface area contributed by atoms with Crippen LogP contribution in [0, 0.1) is 11.8 Å². The Morgan fingerprint density at radius 1 is 1.21 bits per heavy atom. The highest BCUT2D eigenvalue weighted by molar-refractivity contribution is 6.74. The van der Waals surface area contributed by atoms with Crippen LogP contribution < -0.4 is 0 Å². The zero-order valence-electron chi connectivity index (χ0n) is 13.8. The second-order valence-corrected chi connectivity index (χ2v) is 12.5. The van der Waals surface area contributed by atoms with Gasteiger partial charge in [0.05, 0.1) is 0 Å². The van der Waals surface area contributed by atoms with Gasteiger partial charge in [0.25, 0.3) is 0 Å². The molecule has 1 nitrogen and oxygen atoms in total. The fourth-order valence-electron chi connectivity index (χ4n) is 2.79. The monoisotopic (exact) mass is 282 g/mol. The average molecular weight is 283 g/mol. The van der Waals surface area contributed by atoms with Crippen molar-refractivity contribution in [3.8, 4) is 0 Å². The van der Waals surface area contributed by atoms with Gasteiger partial charge >= 0.3 is 0 Å². The van der Waals surface area contributed by atoms with E-state index in [1.165, 1.54) is 38.5 Å². The minimum atomic E-state index is -1.54. The van der Waals surface area contributed by atoms with Gasteiger partial charge in [0.15, 0.2) is 8.32 Å². The molecule has 2 unspecified atom stereocenters. The molecule has 0 bridgehead atoms. The van der Waals surface area contributed by atoms with Crippen molar-refractivity contribution in [3.05, 3.63) is 12.7 Å². The fourth-order valence-corrected chi connectivity index (χ4v) is 3.88. The van der Waals surface area contributed by atoms with Gasteiger partial charge in [-0.25, -0.2) is 0 Å². The Morgan fingerprint density at radius 3 is 2.42 bits per heavy atom. The highest BCUT2D eigenvalue weighted by Crippen LogP contribution is 2.37. The van der Waals surface area contributed by atoms with Crippen molar-refractivity contribution >= 4 is 8.32 Å². The summed E-state index contributed by atoms with van der Waals surface area (Å²) >= 11 is 0. The Hall–Kier alpha value is -0.0831. The van der Waals surface area contributed by atoms with Crippen molar-refractivity contribution in [2.45, 2.75) is 77.4 Å². The van der Waals surface area contributed by atoms with Crippen LogP contribution in [0.15, 0.2) is 12.7 Å². The minimum absolute atomic E-state index is 0.335. The predicted octanol–water partition coefficient (Wildman–Crippen LogP) is 5.78. The van der Waals surface area contributed by atoms with Gasteiger partial charge in [-0.1, -0.05) is 39.7 Å². The van der Waals surface area contributed by atoms with Crippen molar-refractivity contribution in [2.75, 3.05) is 6.61 Å². The zero-order chi connectivity index (χ0) is 14.5. The maximum absolute atomic E-state index is 6.27. The van der Waals surface area contributed by atoms with Gasteiger partial charge in [0.2, 0.25) is 0 Å². The summed E-state index contributed by atoms with van der Waals surface area (Å²) in [5, 5.41) is 0.335. The summed E-state index contributed by atoms with van der Waals surface area (Å²) in [5.74, 6) is 1.64. The van der Waals surface area contributed by atoms with Gasteiger partial charge in [-0.2, -0.15) is 0 Å². The Kier molecular flexibility index (Phi) is 6.32. The van der Waals surface area contributed by atoms with E-state index in [-0.39, 0.29) is 0 Å². The van der Waals surface area contributed by atoms with Gasteiger partial charge in [0, 0.05) is 6.61 Å². The molecule has 0 amide bonds. The molecular weight excluding hydrogens is 248 g/mol. The van der Waals surface area contributed by atoms with Crippen LogP contribution in [0.25, 0.3) is 0 Å². The molecule has 112 valence electrons. The third-order valence-corrected chi connectivity index (χ3v) is 9.80. The van der Waals surface area contributed by atoms with Crippen molar-refractivity contribution in [2.24, 2.45) is 11.8 Å². The highest BCUT2D eigenvalue weighted by Gasteiger charge is 2.36. The smallest absolute Gasteiger partial charge is 0.191 e. The van der Waals surface area contributed by atoms with E-state index in [4.69, 9.17) is 4.43 Å². The molecule has 0 heterocycles. The molecule has 0 N–H and O–H groups in total. The molecule has 0 aromatic rings. The molecule has 0 spiro atoms. The number of hydrogen-bond donors (Lipinski definition) is 0. The lowest BCUT2D eigenvalue weighted by molar-refractivity contribution is 0.226. The summed E-state index contributed by atoms with van der Waals surface area (Å²) in [5.41, 5.74) is 0. The quantitative estimate of drug-likeness (QED) is 0.341. The van der Waals surface area contributed by atoms with E-state index < -0.39 is 8.32 Å². The molecule has 1 aliphatic carbocycles. The molecule has 0 aliphatic heterocycles. The molecular formula is C17H34OSi. The van der Waals surface area contributed by atoms with Crippen molar-refractivity contribution in [3.63, 3.8) is 0 Å². The largest absolute Gasteiger partial charge is 0.417 e. The summed E-state index contributed by atoms with van der Waals surface area (Å²) in [6, 6.07) is 0. The molecule has 1 fully saturated rings. The second-order valence-electron chi connectivity index (χ2n) is 7.70. The van der Waals surface area contributed by atoms with Crippen LogP contribution in [0.5, 0.6) is 0 Å². The summed E-state index contributed by atoms with van der Waals surface area (Å²) in [6.45, 7) is 16.6. The zero-order valence-corrected chi connectivity index (χ0v) is 14.8. The van der Waals surface area contributed by atoms with Crippen LogP contribution in [0.1, 0.15) is 59.3 Å². The second kappa shape index (κ2) is 7.08. The summed E-state index contributed by atoms with van der Waals surface area (Å²) < 4.78 is 6.27. The first-order chi connectivity index (χ1) is 8.78. The lowest BCUT2D eigenvalue weighted by atomic mass is 9.77. The van der Waals surface area contributed by atoms with E-state index in [0.717, 1.165) is 18.4 Å². The Bertz CT molecular complexity index is 277. The van der Waals surface area contributed by atoms with E-state index in [0.29, 0.717) is 5.04 Å². The molecule has 2 atom stereocenters. The molecule has 0 aromatic heterocycles. The van der Waals surface area contributed by atoms with E-state index >= 15 is 0 Å². The van der Waals surface area contributed by atoms with Crippen LogP contribution in [0.3, 0.4) is 0 Å². The van der Waals surface area contributed by atoms with Gasteiger partial charge in [-0.3, -0.25) is 0 Å². The molecule has 1 aliphatic rings. The standard InChI is InChI=1S/C17H34OSi/c1-7-15-11-8-9-12-16(15)13-10-14-18-19(5,6)17(2,3)4/h7,15-16H,1,8-14H2,2-6H3. The van der Waals surface area contributed by atoms with Gasteiger partial charge in [-0.15, -0.1) is 6.58 Å². The van der Waals surface area contributed by atoms with Crippen molar-refractivity contribution in [1.82, 2.24) is 0 Å². The van der Waals surface area contributed by atoms with Crippen LogP contribution >= 0.6 is 0 Å². The normalized spacial score (nSPS) is 25.3. The van der Waals surface area contributed by atoms with E-state index in [2.05, 4.69) is 46.5 Å². The Morgan fingerprint density at radius 2 is 1.84 bits per heavy atom. The number of allylic oxidation sites excluding steroid dienone is 1. The van der Waals surface area contributed by atoms with Crippen LogP contribution in [-0.4, -0.2) is 14.9 Å². The lowest BCUT2D eigenvalue weighted by Crippen LogP contribution is -2.41. The number of hydrogen-bond acceptors (Lipinski definition) is 1. The molecule has 0 aromatic carbocycles. The third kappa shape index (κ3) is 5.07. The summed E-state index contributed by atoms with van der Waals surface area (Å²) in [7, 11) is -1.54. The lowest BCUT2D eigenvalue weighted by Gasteiger charge is -2.36. The van der Waals surface area contributed by atoms with Gasteiger partial charge in [0.1, 0.15) is 0 Å². The van der Waals surface area contributed by atoms with Crippen molar-refractivity contribution in [1.29, 1.82) is 0 Å². The van der Waals surface area contributed by atoms with E-state index in [9.17, 15) is 0 Å². The average Bonchev–Trinajstić information content (AvgIpc) is 2.33. The summed E-state index contributed by atoms with van der Waals surface area (Å²) in [4.78, 5) is 0. The van der Waals surface area contributed by atoms with Crippen LogP contribution in [-0.2, 0) is 4.43 Å². The Labute approximate surface area is 122 Å². The number of rotatable bonds is 6. The third-order valence-electron chi connectivity index (χ3n) is 5.26. The van der Waals surface area contributed by atoms with Crippen LogP contribution in [0.4, 0.5) is 0 Å². The highest BCUT2D eigenvalue weighted by atomic mass is 28.4. The molecule has 0 saturated heterocycles. The predicted molar refractivity (Wildman–Crippen MR) is 88.0 cm³/mol. The molecule has 0 radical (unpaired) electrons. The molecule has 19 heavy (non-hydrogen) atoms. The van der Waals surface area contributed by atoms with Crippen molar-refractivity contribution < 1.29 is 4.43 Å². The van der Waals surface area contributed by atoms with Gasteiger partial charge < -0.3 is 4.43 Å². The topological polar surface area (TPSA) is 9.23 Å². The molecule has 1 rings (SSSR count). The van der Waals surface area contributed by atoms with E-state index in [1.54, 1.807) is 0 Å². The van der Waals surface area contributed by atoms with E-state index in [1.807, 2.05) is 0 Å². The first-order valence-corrected chi connectivity index (χ1v) is 11.0. The first-order valence-electron chi connectivity index (χ1n) is 8.04.